The molecule has 0 bridgehead atoms. The number of cyclic esters (lactones) is 1. The van der Waals surface area contributed by atoms with Crippen LogP contribution in [0.4, 0.5) is 23.7 Å². The average Bonchev–Trinajstić information content (AvgIpc) is 3.50. The van der Waals surface area contributed by atoms with Crippen LogP contribution in [0.5, 0.6) is 0 Å². The third-order valence-electron chi connectivity index (χ3n) is 5.82. The van der Waals surface area contributed by atoms with E-state index in [9.17, 15) is 22.8 Å². The fourth-order valence-electron chi connectivity index (χ4n) is 4.13. The van der Waals surface area contributed by atoms with Crippen molar-refractivity contribution in [1.82, 2.24) is 19.7 Å². The first kappa shape index (κ1) is 21.0. The highest BCUT2D eigenvalue weighted by Crippen LogP contribution is 2.34. The second-order valence-corrected chi connectivity index (χ2v) is 7.98. The molecular weight excluding hydrogens is 443 g/mol. The Labute approximate surface area is 185 Å². The third kappa shape index (κ3) is 3.70. The number of amides is 2. The van der Waals surface area contributed by atoms with Gasteiger partial charge in [0.05, 0.1) is 43.6 Å². The highest BCUT2D eigenvalue weighted by molar-refractivity contribution is 5.90. The third-order valence-corrected chi connectivity index (χ3v) is 5.82. The van der Waals surface area contributed by atoms with Gasteiger partial charge in [0.2, 0.25) is 5.91 Å². The first-order valence-electron chi connectivity index (χ1n) is 10.2. The number of hydrogen-bond acceptors (Lipinski definition) is 6. The van der Waals surface area contributed by atoms with Crippen LogP contribution in [0.25, 0.3) is 0 Å². The molecule has 4 heterocycles. The summed E-state index contributed by atoms with van der Waals surface area (Å²) in [6, 6.07) is 1.36. The van der Waals surface area contributed by atoms with E-state index in [2.05, 4.69) is 10.1 Å². The molecule has 172 valence electrons. The topological polar surface area (TPSA) is 93.7 Å². The van der Waals surface area contributed by atoms with Gasteiger partial charge in [0, 0.05) is 6.04 Å². The van der Waals surface area contributed by atoms with Crippen molar-refractivity contribution in [3.05, 3.63) is 65.4 Å². The average molecular weight is 461 g/mol. The van der Waals surface area contributed by atoms with E-state index in [0.717, 1.165) is 12.1 Å². The van der Waals surface area contributed by atoms with E-state index in [1.807, 2.05) is 6.92 Å². The molecule has 2 amide bonds. The van der Waals surface area contributed by atoms with Crippen LogP contribution in [0.1, 0.15) is 30.0 Å². The molecule has 0 saturated carbocycles. The predicted molar refractivity (Wildman–Crippen MR) is 105 cm³/mol. The highest BCUT2D eigenvalue weighted by atomic mass is 19.2. The first-order valence-corrected chi connectivity index (χ1v) is 10.2. The Kier molecular flexibility index (Phi) is 5.06. The van der Waals surface area contributed by atoms with E-state index in [0.29, 0.717) is 23.6 Å². The van der Waals surface area contributed by atoms with Crippen LogP contribution in [-0.4, -0.2) is 44.3 Å². The van der Waals surface area contributed by atoms with E-state index in [-0.39, 0.29) is 31.1 Å². The number of fused-ring (bicyclic) bond motifs is 1. The molecule has 12 heteroatoms. The zero-order chi connectivity index (χ0) is 23.3. The van der Waals surface area contributed by atoms with Gasteiger partial charge in [-0.15, -0.1) is 0 Å². The lowest BCUT2D eigenvalue weighted by Gasteiger charge is -2.35. The van der Waals surface area contributed by atoms with E-state index in [1.165, 1.54) is 28.7 Å². The number of aromatic nitrogens is 3. The van der Waals surface area contributed by atoms with Gasteiger partial charge in [-0.1, -0.05) is 0 Å². The van der Waals surface area contributed by atoms with Crippen molar-refractivity contribution in [3.8, 4) is 0 Å². The van der Waals surface area contributed by atoms with Crippen molar-refractivity contribution < 1.29 is 31.9 Å². The first-order chi connectivity index (χ1) is 15.8. The lowest BCUT2D eigenvalue weighted by atomic mass is 10.1. The molecule has 1 fully saturated rings. The van der Waals surface area contributed by atoms with E-state index in [1.54, 1.807) is 4.68 Å². The van der Waals surface area contributed by atoms with Crippen LogP contribution in [0.15, 0.2) is 35.4 Å². The molecule has 2 aliphatic rings. The Balaban J connectivity index is 1.36. The molecule has 5 rings (SSSR count). The number of carbonyl (C=O) groups is 2. The molecule has 2 aliphatic heterocycles. The molecule has 2 atom stereocenters. The van der Waals surface area contributed by atoms with Crippen LogP contribution < -0.4 is 4.90 Å². The number of rotatable bonds is 4. The summed E-state index contributed by atoms with van der Waals surface area (Å²) in [5.41, 5.74) is 1.63. The maximum Gasteiger partial charge on any atom is 0.415 e. The minimum absolute atomic E-state index is 0.0291. The zero-order valence-electron chi connectivity index (χ0n) is 17.4. The van der Waals surface area contributed by atoms with Crippen LogP contribution in [-0.2, 0) is 29.0 Å². The summed E-state index contributed by atoms with van der Waals surface area (Å²) in [6.45, 7) is 2.50. The van der Waals surface area contributed by atoms with Crippen molar-refractivity contribution in [2.24, 2.45) is 0 Å². The molecular formula is C21H18F3N5O4. The Hall–Kier alpha value is -3.83. The summed E-state index contributed by atoms with van der Waals surface area (Å²) < 4.78 is 52.4. The molecule has 33 heavy (non-hydrogen) atoms. The quantitative estimate of drug-likeness (QED) is 0.555. The number of nitrogens with zero attached hydrogens (tertiary/aromatic N) is 5. The minimum atomic E-state index is -1.58. The number of anilines is 1. The Morgan fingerprint density at radius 2 is 1.97 bits per heavy atom. The highest BCUT2D eigenvalue weighted by Gasteiger charge is 2.39. The predicted octanol–water partition coefficient (Wildman–Crippen LogP) is 2.96. The number of hydrogen-bond donors (Lipinski definition) is 0. The Bertz CT molecular complexity index is 1210. The smallest absolute Gasteiger partial charge is 0.415 e. The lowest BCUT2D eigenvalue weighted by Crippen LogP contribution is -2.46. The molecule has 0 aliphatic carbocycles. The van der Waals surface area contributed by atoms with Gasteiger partial charge in [-0.25, -0.2) is 22.9 Å². The molecule has 3 aromatic rings. The summed E-state index contributed by atoms with van der Waals surface area (Å²) in [6.07, 6.45) is 2.70. The van der Waals surface area contributed by atoms with Gasteiger partial charge in [0.1, 0.15) is 12.0 Å². The normalized spacial score (nSPS) is 20.2. The SMILES string of the molecule is C[C@H]1Cn2ncc(N3CC(c4cocn4)OC3=O)c2CN1C(=O)Cc1cc(F)c(F)c(F)c1. The van der Waals surface area contributed by atoms with Gasteiger partial charge in [0.25, 0.3) is 0 Å². The molecule has 0 N–H and O–H groups in total. The number of halogens is 3. The lowest BCUT2D eigenvalue weighted by molar-refractivity contribution is -0.134. The van der Waals surface area contributed by atoms with E-state index >= 15 is 0 Å². The van der Waals surface area contributed by atoms with Gasteiger partial charge >= 0.3 is 6.09 Å². The van der Waals surface area contributed by atoms with Gasteiger partial charge in [-0.05, 0) is 24.6 Å². The number of oxazole rings is 1. The molecule has 9 nitrogen and oxygen atoms in total. The fourth-order valence-corrected chi connectivity index (χ4v) is 4.13. The maximum absolute atomic E-state index is 13.5. The number of benzene rings is 1. The molecule has 2 aromatic heterocycles. The summed E-state index contributed by atoms with van der Waals surface area (Å²) in [4.78, 5) is 32.4. The summed E-state index contributed by atoms with van der Waals surface area (Å²) >= 11 is 0. The van der Waals surface area contributed by atoms with Crippen LogP contribution in [0.2, 0.25) is 0 Å². The zero-order valence-corrected chi connectivity index (χ0v) is 17.4. The second kappa shape index (κ2) is 7.94. The molecule has 0 radical (unpaired) electrons. The molecule has 1 saturated heterocycles. The van der Waals surface area contributed by atoms with Crippen molar-refractivity contribution in [1.29, 1.82) is 0 Å². The fraction of sp³-hybridized carbons (Fsp3) is 0.333. The van der Waals surface area contributed by atoms with Crippen LogP contribution in [0, 0.1) is 17.5 Å². The second-order valence-electron chi connectivity index (χ2n) is 7.98. The number of carbonyl (C=O) groups excluding carboxylic acids is 2. The van der Waals surface area contributed by atoms with Crippen molar-refractivity contribution in [2.45, 2.75) is 38.6 Å². The minimum Gasteiger partial charge on any atom is -0.451 e. The van der Waals surface area contributed by atoms with Crippen LogP contribution in [0.3, 0.4) is 0 Å². The Morgan fingerprint density at radius 1 is 1.21 bits per heavy atom. The summed E-state index contributed by atoms with van der Waals surface area (Å²) in [5.74, 6) is -4.67. The van der Waals surface area contributed by atoms with Gasteiger partial charge in [-0.2, -0.15) is 5.10 Å². The van der Waals surface area contributed by atoms with E-state index < -0.39 is 35.6 Å². The Morgan fingerprint density at radius 3 is 2.67 bits per heavy atom. The summed E-state index contributed by atoms with van der Waals surface area (Å²) in [7, 11) is 0. The van der Waals surface area contributed by atoms with Crippen molar-refractivity contribution in [3.63, 3.8) is 0 Å². The van der Waals surface area contributed by atoms with Gasteiger partial charge in [-0.3, -0.25) is 14.4 Å². The van der Waals surface area contributed by atoms with Crippen molar-refractivity contribution >= 4 is 17.7 Å². The van der Waals surface area contributed by atoms with Gasteiger partial charge < -0.3 is 14.1 Å². The van der Waals surface area contributed by atoms with Crippen molar-refractivity contribution in [2.75, 3.05) is 11.4 Å². The molecule has 1 aromatic carbocycles. The van der Waals surface area contributed by atoms with Gasteiger partial charge in [0.15, 0.2) is 29.9 Å². The van der Waals surface area contributed by atoms with E-state index in [4.69, 9.17) is 9.15 Å². The monoisotopic (exact) mass is 461 g/mol. The number of ether oxygens (including phenoxy) is 1. The molecule has 1 unspecified atom stereocenters. The molecule has 0 spiro atoms. The summed E-state index contributed by atoms with van der Waals surface area (Å²) in [5, 5.41) is 4.34. The maximum atomic E-state index is 13.5. The standard InChI is InChI=1S/C21H18F3N5O4/c1-11-6-29-17(7-27(11)19(30)4-12-2-13(22)20(24)14(23)3-12)16(5-26-29)28-8-18(33-21(28)31)15-9-32-10-25-15/h2-3,5,9-11,18H,4,6-8H2,1H3/t11-,18?/m0/s1. The van der Waals surface area contributed by atoms with Crippen LogP contribution >= 0.6 is 0 Å². The largest absolute Gasteiger partial charge is 0.451 e.